The van der Waals surface area contributed by atoms with Crippen LogP contribution in [0.5, 0.6) is 11.5 Å². The lowest BCUT2D eigenvalue weighted by atomic mass is 10.1. The van der Waals surface area contributed by atoms with Crippen molar-refractivity contribution in [2.45, 2.75) is 63.8 Å². The van der Waals surface area contributed by atoms with E-state index >= 15 is 0 Å². The highest BCUT2D eigenvalue weighted by Crippen LogP contribution is 2.32. The topological polar surface area (TPSA) is 48.0 Å². The molecule has 0 spiro atoms. The number of nitrogens with zero attached hydrogens (tertiary/aromatic N) is 1. The molecule has 1 aromatic heterocycles. The second kappa shape index (κ2) is 9.63. The number of amides is 1. The van der Waals surface area contributed by atoms with Crippen LogP contribution in [0.15, 0.2) is 35.7 Å². The molecule has 0 radical (unpaired) electrons. The highest BCUT2D eigenvalue weighted by molar-refractivity contribution is 7.09. The molecular weight excluding hydrogens is 386 g/mol. The fraction of sp³-hybridized carbons (Fsp3) is 0.522. The molecule has 2 aliphatic rings. The first kappa shape index (κ1) is 20.2. The second-order valence-electron chi connectivity index (χ2n) is 7.76. The quantitative estimate of drug-likeness (QED) is 0.622. The van der Waals surface area contributed by atoms with Crippen LogP contribution in [0.3, 0.4) is 0 Å². The zero-order valence-electron chi connectivity index (χ0n) is 17.0. The van der Waals surface area contributed by atoms with E-state index in [1.165, 1.54) is 17.7 Å². The minimum Gasteiger partial charge on any atom is -0.493 e. The van der Waals surface area contributed by atoms with Crippen molar-refractivity contribution in [3.8, 4) is 11.5 Å². The van der Waals surface area contributed by atoms with Gasteiger partial charge in [0.2, 0.25) is 0 Å². The van der Waals surface area contributed by atoms with Gasteiger partial charge in [-0.1, -0.05) is 25.0 Å². The van der Waals surface area contributed by atoms with Crippen LogP contribution in [0.2, 0.25) is 0 Å². The van der Waals surface area contributed by atoms with E-state index in [9.17, 15) is 4.79 Å². The molecule has 1 atom stereocenters. The molecule has 1 aromatic carbocycles. The molecule has 0 N–H and O–H groups in total. The van der Waals surface area contributed by atoms with Crippen molar-refractivity contribution in [2.24, 2.45) is 0 Å². The van der Waals surface area contributed by atoms with Gasteiger partial charge in [-0.25, -0.2) is 0 Å². The van der Waals surface area contributed by atoms with Crippen LogP contribution in [0.25, 0.3) is 0 Å². The maximum atomic E-state index is 13.2. The normalized spacial score (nSPS) is 19.4. The molecule has 1 saturated heterocycles. The van der Waals surface area contributed by atoms with Gasteiger partial charge < -0.3 is 19.1 Å². The number of hydrogen-bond donors (Lipinski definition) is 0. The lowest BCUT2D eigenvalue weighted by Crippen LogP contribution is -2.44. The molecule has 2 fully saturated rings. The van der Waals surface area contributed by atoms with Crippen LogP contribution < -0.4 is 9.47 Å². The van der Waals surface area contributed by atoms with E-state index < -0.39 is 0 Å². The van der Waals surface area contributed by atoms with E-state index in [1.54, 1.807) is 18.4 Å². The minimum atomic E-state index is -0.275. The van der Waals surface area contributed by atoms with E-state index in [2.05, 4.69) is 6.07 Å². The van der Waals surface area contributed by atoms with Gasteiger partial charge >= 0.3 is 0 Å². The summed E-state index contributed by atoms with van der Waals surface area (Å²) in [6, 6.07) is 10.4. The predicted molar refractivity (Wildman–Crippen MR) is 113 cm³/mol. The highest BCUT2D eigenvalue weighted by atomic mass is 32.1. The summed E-state index contributed by atoms with van der Waals surface area (Å²) in [5, 5.41) is 2.04. The Morgan fingerprint density at radius 3 is 2.72 bits per heavy atom. The molecule has 1 saturated carbocycles. The van der Waals surface area contributed by atoms with E-state index in [-0.39, 0.29) is 12.0 Å². The number of ether oxygens (including phenoxy) is 3. The first-order chi connectivity index (χ1) is 14.2. The van der Waals surface area contributed by atoms with Gasteiger partial charge in [-0.3, -0.25) is 4.79 Å². The maximum absolute atomic E-state index is 13.2. The van der Waals surface area contributed by atoms with Gasteiger partial charge in [-0.15, -0.1) is 11.3 Å². The first-order valence-corrected chi connectivity index (χ1v) is 11.4. The van der Waals surface area contributed by atoms with Crippen molar-refractivity contribution in [3.05, 3.63) is 46.2 Å². The van der Waals surface area contributed by atoms with Gasteiger partial charge in [-0.2, -0.15) is 0 Å². The molecule has 29 heavy (non-hydrogen) atoms. The molecule has 0 bridgehead atoms. The maximum Gasteiger partial charge on any atom is 0.252 e. The smallest absolute Gasteiger partial charge is 0.252 e. The monoisotopic (exact) mass is 415 g/mol. The van der Waals surface area contributed by atoms with Crippen LogP contribution in [-0.2, 0) is 22.7 Å². The average Bonchev–Trinajstić information content (AvgIpc) is 3.52. The summed E-state index contributed by atoms with van der Waals surface area (Å²) in [6.07, 6.45) is 6.07. The van der Waals surface area contributed by atoms with E-state index in [0.717, 1.165) is 31.2 Å². The molecule has 1 aliphatic heterocycles. The van der Waals surface area contributed by atoms with E-state index in [0.29, 0.717) is 37.3 Å². The number of hydrogen-bond acceptors (Lipinski definition) is 5. The third kappa shape index (κ3) is 4.93. The number of thiophene rings is 1. The van der Waals surface area contributed by atoms with Gasteiger partial charge in [0.25, 0.3) is 5.91 Å². The Morgan fingerprint density at radius 1 is 1.17 bits per heavy atom. The molecule has 6 heteroatoms. The highest BCUT2D eigenvalue weighted by Gasteiger charge is 2.33. The Morgan fingerprint density at radius 2 is 2.03 bits per heavy atom. The standard InChI is InChI=1S/C23H29NO4S/c1-26-20-11-10-17(14-22(20)28-16-19-8-5-13-29-19)15-24(18-6-2-3-7-18)23(25)21-9-4-12-27-21/h5,8,10-11,13-14,18,21H,2-4,6-7,9,12,15-16H2,1H3/t21-/m0/s1. The number of benzene rings is 1. The van der Waals surface area contributed by atoms with Crippen LogP contribution in [0.1, 0.15) is 49.0 Å². The molecule has 5 nitrogen and oxygen atoms in total. The van der Waals surface area contributed by atoms with Crippen LogP contribution in [-0.4, -0.2) is 36.7 Å². The number of methoxy groups -OCH3 is 1. The lowest BCUT2D eigenvalue weighted by molar-refractivity contribution is -0.144. The molecule has 2 aromatic rings. The summed E-state index contributed by atoms with van der Waals surface area (Å²) < 4.78 is 17.2. The Bertz CT molecular complexity index is 795. The Balaban J connectivity index is 1.51. The molecule has 2 heterocycles. The predicted octanol–water partition coefficient (Wildman–Crippen LogP) is 4.79. The lowest BCUT2D eigenvalue weighted by Gasteiger charge is -2.31. The van der Waals surface area contributed by atoms with Crippen LogP contribution in [0, 0.1) is 0 Å². The molecule has 156 valence electrons. The van der Waals surface area contributed by atoms with Gasteiger partial charge in [-0.05, 0) is 54.8 Å². The third-order valence-electron chi connectivity index (χ3n) is 5.78. The van der Waals surface area contributed by atoms with Crippen LogP contribution >= 0.6 is 11.3 Å². The largest absolute Gasteiger partial charge is 0.493 e. The number of rotatable bonds is 8. The van der Waals surface area contributed by atoms with Crippen LogP contribution in [0.4, 0.5) is 0 Å². The second-order valence-corrected chi connectivity index (χ2v) is 8.79. The molecular formula is C23H29NO4S. The average molecular weight is 416 g/mol. The Labute approximate surface area is 176 Å². The van der Waals surface area contributed by atoms with Crippen molar-refractivity contribution in [1.82, 2.24) is 4.90 Å². The van der Waals surface area contributed by atoms with Crippen molar-refractivity contribution in [1.29, 1.82) is 0 Å². The number of carbonyl (C=O) groups excluding carboxylic acids is 1. The summed E-state index contributed by atoms with van der Waals surface area (Å²) in [7, 11) is 1.65. The van der Waals surface area contributed by atoms with Gasteiger partial charge in [0.1, 0.15) is 12.7 Å². The van der Waals surface area contributed by atoms with Crippen molar-refractivity contribution < 1.29 is 19.0 Å². The van der Waals surface area contributed by atoms with E-state index in [4.69, 9.17) is 14.2 Å². The fourth-order valence-electron chi connectivity index (χ4n) is 4.23. The molecule has 1 amide bonds. The van der Waals surface area contributed by atoms with Crippen molar-refractivity contribution >= 4 is 17.2 Å². The molecule has 1 aliphatic carbocycles. The van der Waals surface area contributed by atoms with Crippen molar-refractivity contribution in [3.63, 3.8) is 0 Å². The van der Waals surface area contributed by atoms with Gasteiger partial charge in [0, 0.05) is 24.1 Å². The Hall–Kier alpha value is -2.05. The zero-order chi connectivity index (χ0) is 20.1. The summed E-state index contributed by atoms with van der Waals surface area (Å²) in [4.78, 5) is 16.4. The van der Waals surface area contributed by atoms with E-state index in [1.807, 2.05) is 34.5 Å². The summed E-state index contributed by atoms with van der Waals surface area (Å²) in [6.45, 7) is 1.79. The first-order valence-electron chi connectivity index (χ1n) is 10.5. The Kier molecular flexibility index (Phi) is 6.72. The third-order valence-corrected chi connectivity index (χ3v) is 6.63. The minimum absolute atomic E-state index is 0.145. The molecule has 0 unspecified atom stereocenters. The van der Waals surface area contributed by atoms with Gasteiger partial charge in [0.15, 0.2) is 11.5 Å². The fourth-order valence-corrected chi connectivity index (χ4v) is 4.85. The van der Waals surface area contributed by atoms with Crippen molar-refractivity contribution in [2.75, 3.05) is 13.7 Å². The zero-order valence-corrected chi connectivity index (χ0v) is 17.8. The summed E-state index contributed by atoms with van der Waals surface area (Å²) >= 11 is 1.67. The molecule has 4 rings (SSSR count). The SMILES string of the molecule is COc1ccc(CN(C(=O)[C@@H]2CCCO2)C2CCCC2)cc1OCc1cccs1. The summed E-state index contributed by atoms with van der Waals surface area (Å²) in [5.41, 5.74) is 1.06. The number of carbonyl (C=O) groups is 1. The summed E-state index contributed by atoms with van der Waals surface area (Å²) in [5.74, 6) is 1.57. The van der Waals surface area contributed by atoms with Gasteiger partial charge in [0.05, 0.1) is 7.11 Å².